The van der Waals surface area contributed by atoms with Crippen LogP contribution in [0.15, 0.2) is 6.20 Å². The summed E-state index contributed by atoms with van der Waals surface area (Å²) in [5, 5.41) is 8.25. The fourth-order valence-electron chi connectivity index (χ4n) is 1.83. The molecule has 1 unspecified atom stereocenters. The highest BCUT2D eigenvalue weighted by atomic mass is 16.5. The third-order valence-corrected chi connectivity index (χ3v) is 2.73. The Kier molecular flexibility index (Phi) is 2.79. The van der Waals surface area contributed by atoms with Crippen molar-refractivity contribution in [1.82, 2.24) is 15.0 Å². The maximum Gasteiger partial charge on any atom is 0.0996 e. The smallest absolute Gasteiger partial charge is 0.0996 e. The van der Waals surface area contributed by atoms with Gasteiger partial charge in [-0.15, -0.1) is 0 Å². The molecule has 0 amide bonds. The van der Waals surface area contributed by atoms with Crippen molar-refractivity contribution < 1.29 is 4.74 Å². The van der Waals surface area contributed by atoms with Gasteiger partial charge in [0.15, 0.2) is 0 Å². The molecule has 2 N–H and O–H groups in total. The van der Waals surface area contributed by atoms with Crippen molar-refractivity contribution in [2.45, 2.75) is 18.9 Å². The lowest BCUT2D eigenvalue weighted by molar-refractivity contribution is 0.0579. The zero-order valence-corrected chi connectivity index (χ0v) is 8.39. The highest BCUT2D eigenvalue weighted by Gasteiger charge is 2.23. The predicted octanol–water partition coefficient (Wildman–Crippen LogP) is 0.241. The molecule has 0 spiro atoms. The number of rotatable bonds is 2. The van der Waals surface area contributed by atoms with E-state index < -0.39 is 0 Å². The van der Waals surface area contributed by atoms with Gasteiger partial charge in [0.05, 0.1) is 17.9 Å². The first kappa shape index (κ1) is 9.61. The van der Waals surface area contributed by atoms with E-state index in [1.807, 2.05) is 0 Å². The van der Waals surface area contributed by atoms with E-state index in [0.29, 0.717) is 5.92 Å². The average molecular weight is 196 g/mol. The van der Waals surface area contributed by atoms with Gasteiger partial charge in [0.25, 0.3) is 0 Å². The molecule has 14 heavy (non-hydrogen) atoms. The SMILES string of the molecule is Cn1ncc(C(N)C2CCOCC2)n1. The lowest BCUT2D eigenvalue weighted by atomic mass is 9.91. The Hall–Kier alpha value is -0.940. The Balaban J connectivity index is 2.03. The van der Waals surface area contributed by atoms with Gasteiger partial charge in [0.1, 0.15) is 0 Å². The van der Waals surface area contributed by atoms with Crippen LogP contribution in [-0.2, 0) is 11.8 Å². The highest BCUT2D eigenvalue weighted by molar-refractivity contribution is 5.01. The summed E-state index contributed by atoms with van der Waals surface area (Å²) in [4.78, 5) is 1.55. The van der Waals surface area contributed by atoms with Crippen LogP contribution in [0.2, 0.25) is 0 Å². The number of aryl methyl sites for hydroxylation is 1. The number of aromatic nitrogens is 3. The predicted molar refractivity (Wildman–Crippen MR) is 51.5 cm³/mol. The van der Waals surface area contributed by atoms with Gasteiger partial charge in [-0.05, 0) is 18.8 Å². The summed E-state index contributed by atoms with van der Waals surface area (Å²) in [6.45, 7) is 1.64. The van der Waals surface area contributed by atoms with Crippen molar-refractivity contribution in [3.63, 3.8) is 0 Å². The minimum atomic E-state index is 0.00704. The van der Waals surface area contributed by atoms with Crippen molar-refractivity contribution in [2.24, 2.45) is 18.7 Å². The van der Waals surface area contributed by atoms with Crippen LogP contribution in [0.25, 0.3) is 0 Å². The minimum absolute atomic E-state index is 0.00704. The van der Waals surface area contributed by atoms with Gasteiger partial charge in [-0.25, -0.2) is 0 Å². The molecule has 0 bridgehead atoms. The van der Waals surface area contributed by atoms with E-state index in [0.717, 1.165) is 31.7 Å². The number of nitrogens with two attached hydrogens (primary N) is 1. The molecule has 1 aliphatic rings. The molecule has 2 rings (SSSR count). The number of ether oxygens (including phenoxy) is 1. The van der Waals surface area contributed by atoms with Crippen molar-refractivity contribution in [3.05, 3.63) is 11.9 Å². The Labute approximate surface area is 83.2 Å². The van der Waals surface area contributed by atoms with Gasteiger partial charge in [-0.3, -0.25) is 0 Å². The summed E-state index contributed by atoms with van der Waals surface area (Å²) >= 11 is 0. The van der Waals surface area contributed by atoms with Gasteiger partial charge in [-0.1, -0.05) is 0 Å². The van der Waals surface area contributed by atoms with Crippen molar-refractivity contribution in [1.29, 1.82) is 0 Å². The van der Waals surface area contributed by atoms with E-state index in [9.17, 15) is 0 Å². The molecule has 0 saturated carbocycles. The van der Waals surface area contributed by atoms with E-state index in [-0.39, 0.29) is 6.04 Å². The summed E-state index contributed by atoms with van der Waals surface area (Å²) in [7, 11) is 1.81. The summed E-state index contributed by atoms with van der Waals surface area (Å²) in [6, 6.07) is 0.00704. The highest BCUT2D eigenvalue weighted by Crippen LogP contribution is 2.26. The second kappa shape index (κ2) is 4.06. The first-order valence-corrected chi connectivity index (χ1v) is 4.97. The van der Waals surface area contributed by atoms with Crippen LogP contribution in [0, 0.1) is 5.92 Å². The topological polar surface area (TPSA) is 66.0 Å². The van der Waals surface area contributed by atoms with Crippen LogP contribution in [0.1, 0.15) is 24.6 Å². The monoisotopic (exact) mass is 196 g/mol. The standard InChI is InChI=1S/C9H16N4O/c1-13-11-6-8(12-13)9(10)7-2-4-14-5-3-7/h6-7,9H,2-5,10H2,1H3. The maximum absolute atomic E-state index is 6.11. The largest absolute Gasteiger partial charge is 0.381 e. The summed E-state index contributed by atoms with van der Waals surface area (Å²) < 4.78 is 5.29. The Morgan fingerprint density at radius 2 is 2.29 bits per heavy atom. The second-order valence-electron chi connectivity index (χ2n) is 3.73. The van der Waals surface area contributed by atoms with Gasteiger partial charge in [0.2, 0.25) is 0 Å². The van der Waals surface area contributed by atoms with Crippen LogP contribution < -0.4 is 5.73 Å². The summed E-state index contributed by atoms with van der Waals surface area (Å²) in [5.74, 6) is 0.487. The summed E-state index contributed by atoms with van der Waals surface area (Å²) in [6.07, 6.45) is 3.80. The zero-order valence-electron chi connectivity index (χ0n) is 8.39. The van der Waals surface area contributed by atoms with Crippen LogP contribution in [0.3, 0.4) is 0 Å². The molecule has 1 saturated heterocycles. The number of nitrogens with zero attached hydrogens (tertiary/aromatic N) is 3. The van der Waals surface area contributed by atoms with E-state index in [1.165, 1.54) is 0 Å². The first-order chi connectivity index (χ1) is 6.77. The fourth-order valence-corrected chi connectivity index (χ4v) is 1.83. The zero-order chi connectivity index (χ0) is 9.97. The molecule has 1 atom stereocenters. The average Bonchev–Trinajstić information content (AvgIpc) is 2.65. The quantitative estimate of drug-likeness (QED) is 0.736. The van der Waals surface area contributed by atoms with Crippen LogP contribution in [0.5, 0.6) is 0 Å². The molecule has 1 aromatic heterocycles. The third-order valence-electron chi connectivity index (χ3n) is 2.73. The Bertz CT molecular complexity index is 293. The number of hydrogen-bond acceptors (Lipinski definition) is 4. The molecule has 5 nitrogen and oxygen atoms in total. The minimum Gasteiger partial charge on any atom is -0.381 e. The number of hydrogen-bond donors (Lipinski definition) is 1. The van der Waals surface area contributed by atoms with Gasteiger partial charge in [0, 0.05) is 20.3 Å². The van der Waals surface area contributed by atoms with Gasteiger partial charge < -0.3 is 10.5 Å². The molecule has 0 aliphatic carbocycles. The normalized spacial score (nSPS) is 21.0. The van der Waals surface area contributed by atoms with Gasteiger partial charge >= 0.3 is 0 Å². The summed E-state index contributed by atoms with van der Waals surface area (Å²) in [5.41, 5.74) is 7.00. The molecule has 2 heterocycles. The van der Waals surface area contributed by atoms with Crippen LogP contribution in [0.4, 0.5) is 0 Å². The maximum atomic E-state index is 6.11. The Morgan fingerprint density at radius 3 is 2.86 bits per heavy atom. The third kappa shape index (κ3) is 1.93. The Morgan fingerprint density at radius 1 is 1.57 bits per heavy atom. The van der Waals surface area contributed by atoms with Gasteiger partial charge in [-0.2, -0.15) is 15.0 Å². The molecule has 0 aromatic carbocycles. The van der Waals surface area contributed by atoms with E-state index in [4.69, 9.17) is 10.5 Å². The van der Waals surface area contributed by atoms with E-state index in [1.54, 1.807) is 18.0 Å². The van der Waals surface area contributed by atoms with Crippen molar-refractivity contribution in [2.75, 3.05) is 13.2 Å². The molecule has 0 radical (unpaired) electrons. The molecule has 78 valence electrons. The molecule has 1 aliphatic heterocycles. The fraction of sp³-hybridized carbons (Fsp3) is 0.778. The van der Waals surface area contributed by atoms with E-state index >= 15 is 0 Å². The molecular weight excluding hydrogens is 180 g/mol. The van der Waals surface area contributed by atoms with Crippen LogP contribution >= 0.6 is 0 Å². The molecule has 5 heteroatoms. The van der Waals surface area contributed by atoms with Crippen molar-refractivity contribution in [3.8, 4) is 0 Å². The molecular formula is C9H16N4O. The lowest BCUT2D eigenvalue weighted by Gasteiger charge is -2.26. The first-order valence-electron chi connectivity index (χ1n) is 4.97. The lowest BCUT2D eigenvalue weighted by Crippen LogP contribution is -2.27. The molecule has 1 fully saturated rings. The molecule has 1 aromatic rings. The van der Waals surface area contributed by atoms with Crippen LogP contribution in [-0.4, -0.2) is 28.2 Å². The second-order valence-corrected chi connectivity index (χ2v) is 3.73. The van der Waals surface area contributed by atoms with E-state index in [2.05, 4.69) is 10.2 Å². The van der Waals surface area contributed by atoms with Crippen molar-refractivity contribution >= 4 is 0 Å².